The number of aromatic nitrogens is 1. The monoisotopic (exact) mass is 622 g/mol. The van der Waals surface area contributed by atoms with Gasteiger partial charge in [-0.15, -0.1) is 0 Å². The maximum Gasteiger partial charge on any atom is 0.416 e. The van der Waals surface area contributed by atoms with Gasteiger partial charge < -0.3 is 9.47 Å². The second-order valence-corrected chi connectivity index (χ2v) is 11.5. The van der Waals surface area contributed by atoms with Crippen molar-refractivity contribution in [2.24, 2.45) is 0 Å². The molecule has 1 aliphatic heterocycles. The molecular formula is C32H29F7N2O3. The summed E-state index contributed by atoms with van der Waals surface area (Å²) >= 11 is 0. The van der Waals surface area contributed by atoms with E-state index in [1.54, 1.807) is 25.1 Å². The fourth-order valence-corrected chi connectivity index (χ4v) is 5.64. The van der Waals surface area contributed by atoms with Crippen LogP contribution < -0.4 is 4.74 Å². The molecule has 1 atom stereocenters. The van der Waals surface area contributed by atoms with E-state index in [2.05, 4.69) is 6.58 Å². The van der Waals surface area contributed by atoms with E-state index in [4.69, 9.17) is 14.5 Å². The topological polar surface area (TPSA) is 51.7 Å². The molecule has 5 rings (SSSR count). The van der Waals surface area contributed by atoms with Gasteiger partial charge in [-0.1, -0.05) is 26.5 Å². The summed E-state index contributed by atoms with van der Waals surface area (Å²) in [7, 11) is 1.38. The third kappa shape index (κ3) is 5.61. The summed E-state index contributed by atoms with van der Waals surface area (Å²) < 4.78 is 107. The molecule has 2 heterocycles. The van der Waals surface area contributed by atoms with Crippen molar-refractivity contribution in [1.82, 2.24) is 9.88 Å². The number of carbonyl (C=O) groups is 1. The maximum atomic E-state index is 14.8. The smallest absolute Gasteiger partial charge is 0.416 e. The number of alkyl halides is 6. The van der Waals surface area contributed by atoms with Crippen LogP contribution in [0.5, 0.6) is 5.75 Å². The van der Waals surface area contributed by atoms with Gasteiger partial charge in [-0.25, -0.2) is 9.18 Å². The molecule has 0 bridgehead atoms. The highest BCUT2D eigenvalue weighted by Crippen LogP contribution is 2.58. The van der Waals surface area contributed by atoms with E-state index in [9.17, 15) is 35.5 Å². The summed E-state index contributed by atoms with van der Waals surface area (Å²) in [6.07, 6.45) is -11.8. The first-order chi connectivity index (χ1) is 20.5. The standard InChI is InChI=1S/C32H29F7N2O3/c1-16(2)22-13-23(27(43-5)14-24(22)33)21-6-7-25(17(3)4)40-26(21)15-41-29(42)44-28(30(41)8-9-30)18-10-19(31(34,35)36)12-20(11-18)32(37,38)39/h6-7,10-14,16,28H,3,8-9,15H2,1-2,4-5H3. The first-order valence-electron chi connectivity index (χ1n) is 13.8. The van der Waals surface area contributed by atoms with Crippen molar-refractivity contribution in [1.29, 1.82) is 0 Å². The highest BCUT2D eigenvalue weighted by atomic mass is 19.4. The normalized spacial score (nSPS) is 17.8. The molecule has 12 heteroatoms. The lowest BCUT2D eigenvalue weighted by Gasteiger charge is -2.26. The molecule has 0 radical (unpaired) electrons. The number of ether oxygens (including phenoxy) is 2. The zero-order valence-electron chi connectivity index (χ0n) is 24.3. The van der Waals surface area contributed by atoms with Gasteiger partial charge in [0.15, 0.2) is 6.10 Å². The van der Waals surface area contributed by atoms with Crippen LogP contribution in [0.25, 0.3) is 16.7 Å². The number of pyridine rings is 1. The molecule has 1 saturated heterocycles. The first kappa shape index (κ1) is 31.3. The Bertz CT molecular complexity index is 1610. The molecule has 2 fully saturated rings. The van der Waals surface area contributed by atoms with Crippen LogP contribution in [-0.2, 0) is 23.6 Å². The van der Waals surface area contributed by atoms with Gasteiger partial charge in [0.05, 0.1) is 41.7 Å². The summed E-state index contributed by atoms with van der Waals surface area (Å²) in [6.45, 7) is 9.12. The lowest BCUT2D eigenvalue weighted by atomic mass is 9.93. The number of hydrogen-bond donors (Lipinski definition) is 0. The second kappa shape index (κ2) is 10.8. The minimum Gasteiger partial charge on any atom is -0.496 e. The zero-order valence-corrected chi connectivity index (χ0v) is 24.3. The molecule has 2 aliphatic rings. The van der Waals surface area contributed by atoms with Crippen molar-refractivity contribution in [2.75, 3.05) is 7.11 Å². The number of rotatable bonds is 7. The molecule has 3 aromatic rings. The lowest BCUT2D eigenvalue weighted by molar-refractivity contribution is -0.143. The Balaban J connectivity index is 1.60. The van der Waals surface area contributed by atoms with Gasteiger partial charge in [-0.3, -0.25) is 9.88 Å². The number of benzene rings is 2. The predicted octanol–water partition coefficient (Wildman–Crippen LogP) is 9.32. The van der Waals surface area contributed by atoms with Crippen LogP contribution in [0.4, 0.5) is 35.5 Å². The van der Waals surface area contributed by atoms with Crippen molar-refractivity contribution >= 4 is 11.7 Å². The summed E-state index contributed by atoms with van der Waals surface area (Å²) in [5.74, 6) is -0.426. The molecule has 5 nitrogen and oxygen atoms in total. The van der Waals surface area contributed by atoms with E-state index in [1.807, 2.05) is 13.8 Å². The Labute approximate surface area is 249 Å². The molecule has 1 spiro atoms. The predicted molar refractivity (Wildman–Crippen MR) is 148 cm³/mol. The van der Waals surface area contributed by atoms with Gasteiger partial charge in [0.1, 0.15) is 11.6 Å². The highest BCUT2D eigenvalue weighted by Gasteiger charge is 2.63. The third-order valence-corrected chi connectivity index (χ3v) is 8.09. The number of methoxy groups -OCH3 is 1. The number of hydrogen-bond acceptors (Lipinski definition) is 4. The van der Waals surface area contributed by atoms with E-state index in [0.29, 0.717) is 45.8 Å². The minimum absolute atomic E-state index is 0.0401. The number of halogens is 7. The summed E-state index contributed by atoms with van der Waals surface area (Å²) in [4.78, 5) is 19.3. The number of carbonyl (C=O) groups excluding carboxylic acids is 1. The number of allylic oxidation sites excluding steroid dienone is 1. The fourth-order valence-electron chi connectivity index (χ4n) is 5.64. The molecule has 44 heavy (non-hydrogen) atoms. The molecule has 1 aliphatic carbocycles. The van der Waals surface area contributed by atoms with E-state index in [-0.39, 0.29) is 37.1 Å². The molecule has 0 N–H and O–H groups in total. The van der Waals surface area contributed by atoms with Crippen molar-refractivity contribution in [3.05, 3.63) is 88.5 Å². The van der Waals surface area contributed by atoms with Gasteiger partial charge in [0.2, 0.25) is 0 Å². The Hall–Kier alpha value is -4.09. The highest BCUT2D eigenvalue weighted by molar-refractivity contribution is 5.77. The summed E-state index contributed by atoms with van der Waals surface area (Å²) in [6, 6.07) is 7.57. The quantitative estimate of drug-likeness (QED) is 0.247. The van der Waals surface area contributed by atoms with Crippen molar-refractivity contribution < 1.29 is 45.0 Å². The van der Waals surface area contributed by atoms with Gasteiger partial charge in [0.25, 0.3) is 0 Å². The van der Waals surface area contributed by atoms with Gasteiger partial charge in [0, 0.05) is 17.2 Å². The van der Waals surface area contributed by atoms with E-state index >= 15 is 0 Å². The Morgan fingerprint density at radius 1 is 1.05 bits per heavy atom. The molecular weight excluding hydrogens is 593 g/mol. The second-order valence-electron chi connectivity index (χ2n) is 11.5. The van der Waals surface area contributed by atoms with E-state index in [0.717, 1.165) is 0 Å². The largest absolute Gasteiger partial charge is 0.496 e. The van der Waals surface area contributed by atoms with Crippen LogP contribution >= 0.6 is 0 Å². The van der Waals surface area contributed by atoms with Crippen LogP contribution in [0, 0.1) is 5.82 Å². The number of amides is 1. The SMILES string of the molecule is C=C(C)c1ccc(-c2cc(C(C)C)c(F)cc2OC)c(CN2C(=O)OC(c3cc(C(F)(F)F)cc(C(F)(F)F)c3)C23CC3)n1. The Kier molecular flexibility index (Phi) is 7.70. The first-order valence-corrected chi connectivity index (χ1v) is 13.8. The van der Waals surface area contributed by atoms with Crippen molar-refractivity contribution in [3.8, 4) is 16.9 Å². The average Bonchev–Trinajstić information content (AvgIpc) is 3.69. The summed E-state index contributed by atoms with van der Waals surface area (Å²) in [5.41, 5.74) is -1.70. The summed E-state index contributed by atoms with van der Waals surface area (Å²) in [5, 5.41) is 0. The molecule has 1 aromatic heterocycles. The minimum atomic E-state index is -5.06. The number of cyclic esters (lactones) is 1. The molecule has 234 valence electrons. The van der Waals surface area contributed by atoms with Crippen molar-refractivity contribution in [2.45, 2.75) is 70.1 Å². The van der Waals surface area contributed by atoms with Crippen LogP contribution in [-0.4, -0.2) is 28.6 Å². The van der Waals surface area contributed by atoms with Crippen LogP contribution in [0.15, 0.2) is 49.0 Å². The molecule has 2 aromatic carbocycles. The van der Waals surface area contributed by atoms with Crippen LogP contribution in [0.2, 0.25) is 0 Å². The zero-order chi connectivity index (χ0) is 32.4. The molecule has 1 amide bonds. The van der Waals surface area contributed by atoms with Gasteiger partial charge in [-0.05, 0) is 72.7 Å². The maximum absolute atomic E-state index is 14.8. The lowest BCUT2D eigenvalue weighted by Crippen LogP contribution is -2.36. The fraction of sp³-hybridized carbons (Fsp3) is 0.375. The Morgan fingerprint density at radius 3 is 2.16 bits per heavy atom. The number of nitrogens with zero attached hydrogens (tertiary/aromatic N) is 2. The van der Waals surface area contributed by atoms with Crippen molar-refractivity contribution in [3.63, 3.8) is 0 Å². The van der Waals surface area contributed by atoms with E-state index in [1.165, 1.54) is 18.1 Å². The van der Waals surface area contributed by atoms with E-state index < -0.39 is 52.6 Å². The van der Waals surface area contributed by atoms with Gasteiger partial charge >= 0.3 is 18.4 Å². The van der Waals surface area contributed by atoms with Gasteiger partial charge in [-0.2, -0.15) is 26.3 Å². The third-order valence-electron chi connectivity index (χ3n) is 8.09. The molecule has 1 saturated carbocycles. The molecule has 1 unspecified atom stereocenters. The van der Waals surface area contributed by atoms with Crippen LogP contribution in [0.3, 0.4) is 0 Å². The Morgan fingerprint density at radius 2 is 1.66 bits per heavy atom. The van der Waals surface area contributed by atoms with Crippen LogP contribution in [0.1, 0.15) is 79.3 Å². The average molecular weight is 623 g/mol.